The third-order valence-electron chi connectivity index (χ3n) is 2.68. The van der Waals surface area contributed by atoms with E-state index >= 15 is 0 Å². The van der Waals surface area contributed by atoms with Crippen molar-refractivity contribution in [3.8, 4) is 0 Å². The number of rotatable bonds is 5. The first-order valence-corrected chi connectivity index (χ1v) is 6.45. The maximum Gasteiger partial charge on any atom is 0.0544 e. The molecule has 1 atom stereocenters. The highest BCUT2D eigenvalue weighted by Crippen LogP contribution is 2.23. The van der Waals surface area contributed by atoms with E-state index in [1.165, 1.54) is 9.75 Å². The number of thiophene rings is 1. The van der Waals surface area contributed by atoms with Crippen LogP contribution in [-0.2, 0) is 12.8 Å². The third kappa shape index (κ3) is 3.09. The van der Waals surface area contributed by atoms with Crippen molar-refractivity contribution >= 4 is 11.3 Å². The Bertz CT molecular complexity index is 455. The SMILES string of the molecule is CCc1ccc(CC(NN)c2ccnnc2)s1. The molecule has 2 aromatic rings. The van der Waals surface area contributed by atoms with E-state index in [9.17, 15) is 0 Å². The Hall–Kier alpha value is -1.30. The zero-order chi connectivity index (χ0) is 12.1. The second-order valence-electron chi connectivity index (χ2n) is 3.82. The summed E-state index contributed by atoms with van der Waals surface area (Å²) in [6.07, 6.45) is 5.40. The number of hydrazine groups is 1. The van der Waals surface area contributed by atoms with Crippen molar-refractivity contribution in [2.24, 2.45) is 5.84 Å². The average Bonchev–Trinajstić information content (AvgIpc) is 2.84. The average molecular weight is 248 g/mol. The van der Waals surface area contributed by atoms with E-state index in [4.69, 9.17) is 5.84 Å². The van der Waals surface area contributed by atoms with Gasteiger partial charge >= 0.3 is 0 Å². The summed E-state index contributed by atoms with van der Waals surface area (Å²) >= 11 is 1.84. The van der Waals surface area contributed by atoms with Gasteiger partial charge in [-0.15, -0.1) is 11.3 Å². The monoisotopic (exact) mass is 248 g/mol. The summed E-state index contributed by atoms with van der Waals surface area (Å²) in [5.74, 6) is 5.60. The lowest BCUT2D eigenvalue weighted by Gasteiger charge is -2.14. The van der Waals surface area contributed by atoms with Crippen LogP contribution in [0.25, 0.3) is 0 Å². The quantitative estimate of drug-likeness (QED) is 0.626. The Balaban J connectivity index is 2.10. The summed E-state index contributed by atoms with van der Waals surface area (Å²) in [7, 11) is 0. The van der Waals surface area contributed by atoms with E-state index in [0.29, 0.717) is 0 Å². The summed E-state index contributed by atoms with van der Waals surface area (Å²) in [5, 5.41) is 7.64. The van der Waals surface area contributed by atoms with Crippen LogP contribution >= 0.6 is 11.3 Å². The molecule has 0 amide bonds. The second kappa shape index (κ2) is 5.86. The molecule has 0 bridgehead atoms. The highest BCUT2D eigenvalue weighted by molar-refractivity contribution is 7.11. The van der Waals surface area contributed by atoms with E-state index in [-0.39, 0.29) is 6.04 Å². The molecule has 0 fully saturated rings. The van der Waals surface area contributed by atoms with Crippen molar-refractivity contribution in [2.75, 3.05) is 0 Å². The molecule has 4 nitrogen and oxygen atoms in total. The lowest BCUT2D eigenvalue weighted by atomic mass is 10.1. The summed E-state index contributed by atoms with van der Waals surface area (Å²) in [6.45, 7) is 2.17. The molecule has 2 aromatic heterocycles. The molecule has 2 heterocycles. The first-order valence-electron chi connectivity index (χ1n) is 5.63. The van der Waals surface area contributed by atoms with Crippen molar-refractivity contribution < 1.29 is 0 Å². The Labute approximate surface area is 105 Å². The lowest BCUT2D eigenvalue weighted by molar-refractivity contribution is 0.552. The maximum atomic E-state index is 5.60. The third-order valence-corrected chi connectivity index (χ3v) is 3.93. The van der Waals surface area contributed by atoms with Crippen molar-refractivity contribution in [1.82, 2.24) is 15.6 Å². The predicted molar refractivity (Wildman–Crippen MR) is 69.5 cm³/mol. The molecule has 3 N–H and O–H groups in total. The van der Waals surface area contributed by atoms with Gasteiger partial charge in [-0.2, -0.15) is 10.2 Å². The Morgan fingerprint density at radius 2 is 2.12 bits per heavy atom. The van der Waals surface area contributed by atoms with Crippen molar-refractivity contribution in [3.05, 3.63) is 45.9 Å². The van der Waals surface area contributed by atoms with Crippen LogP contribution in [0.5, 0.6) is 0 Å². The zero-order valence-electron chi connectivity index (χ0n) is 9.76. The van der Waals surface area contributed by atoms with Gasteiger partial charge in [0.2, 0.25) is 0 Å². The Kier molecular flexibility index (Phi) is 4.19. The molecule has 0 spiro atoms. The minimum Gasteiger partial charge on any atom is -0.271 e. The normalized spacial score (nSPS) is 12.6. The molecular formula is C12H16N4S. The summed E-state index contributed by atoms with van der Waals surface area (Å²) in [4.78, 5) is 2.74. The highest BCUT2D eigenvalue weighted by Gasteiger charge is 2.12. The minimum absolute atomic E-state index is 0.0915. The summed E-state index contributed by atoms with van der Waals surface area (Å²) in [5.41, 5.74) is 3.90. The lowest BCUT2D eigenvalue weighted by Crippen LogP contribution is -2.29. The number of aromatic nitrogens is 2. The van der Waals surface area contributed by atoms with Crippen molar-refractivity contribution in [3.63, 3.8) is 0 Å². The van der Waals surface area contributed by atoms with Gasteiger partial charge in [0.1, 0.15) is 0 Å². The van der Waals surface area contributed by atoms with E-state index < -0.39 is 0 Å². The summed E-state index contributed by atoms with van der Waals surface area (Å²) < 4.78 is 0. The molecule has 5 heteroatoms. The van der Waals surface area contributed by atoms with Crippen molar-refractivity contribution in [2.45, 2.75) is 25.8 Å². The van der Waals surface area contributed by atoms with E-state index in [1.807, 2.05) is 17.4 Å². The number of aryl methyl sites for hydroxylation is 1. The van der Waals surface area contributed by atoms with Gasteiger partial charge < -0.3 is 0 Å². The molecule has 90 valence electrons. The first-order chi connectivity index (χ1) is 8.33. The zero-order valence-corrected chi connectivity index (χ0v) is 10.6. The van der Waals surface area contributed by atoms with Crippen LogP contribution in [0.2, 0.25) is 0 Å². The van der Waals surface area contributed by atoms with Crippen LogP contribution < -0.4 is 11.3 Å². The second-order valence-corrected chi connectivity index (χ2v) is 5.07. The van der Waals surface area contributed by atoms with Gasteiger partial charge in [0, 0.05) is 22.4 Å². The molecule has 0 aliphatic rings. The van der Waals surface area contributed by atoms with Gasteiger partial charge in [-0.3, -0.25) is 11.3 Å². The van der Waals surface area contributed by atoms with E-state index in [0.717, 1.165) is 18.4 Å². The van der Waals surface area contributed by atoms with Crippen LogP contribution in [0.3, 0.4) is 0 Å². The number of hydrogen-bond donors (Lipinski definition) is 2. The molecular weight excluding hydrogens is 232 g/mol. The number of hydrogen-bond acceptors (Lipinski definition) is 5. The van der Waals surface area contributed by atoms with E-state index in [2.05, 4.69) is 34.7 Å². The molecule has 0 radical (unpaired) electrons. The fourth-order valence-electron chi connectivity index (χ4n) is 1.70. The van der Waals surface area contributed by atoms with Crippen LogP contribution in [0.4, 0.5) is 0 Å². The highest BCUT2D eigenvalue weighted by atomic mass is 32.1. The van der Waals surface area contributed by atoms with E-state index in [1.54, 1.807) is 12.4 Å². The largest absolute Gasteiger partial charge is 0.271 e. The molecule has 1 unspecified atom stereocenters. The minimum atomic E-state index is 0.0915. The van der Waals surface area contributed by atoms with Gasteiger partial charge in [-0.1, -0.05) is 6.92 Å². The van der Waals surface area contributed by atoms with Gasteiger partial charge in [0.15, 0.2) is 0 Å². The van der Waals surface area contributed by atoms with Crippen LogP contribution in [0.15, 0.2) is 30.6 Å². The van der Waals surface area contributed by atoms with Crippen molar-refractivity contribution in [1.29, 1.82) is 0 Å². The Morgan fingerprint density at radius 3 is 2.71 bits per heavy atom. The fourth-order valence-corrected chi connectivity index (χ4v) is 2.71. The smallest absolute Gasteiger partial charge is 0.0544 e. The van der Waals surface area contributed by atoms with Crippen LogP contribution in [0, 0.1) is 0 Å². The van der Waals surface area contributed by atoms with Gasteiger partial charge in [0.05, 0.1) is 12.2 Å². The predicted octanol–water partition coefficient (Wildman–Crippen LogP) is 1.85. The van der Waals surface area contributed by atoms with Gasteiger partial charge in [-0.05, 0) is 30.2 Å². The van der Waals surface area contributed by atoms with Gasteiger partial charge in [-0.25, -0.2) is 0 Å². The molecule has 0 saturated heterocycles. The standard InChI is InChI=1S/C12H16N4S/c1-2-10-3-4-11(17-10)7-12(16-13)9-5-6-14-15-8-9/h3-6,8,12,16H,2,7,13H2,1H3. The van der Waals surface area contributed by atoms with Crippen LogP contribution in [0.1, 0.15) is 28.3 Å². The van der Waals surface area contributed by atoms with Gasteiger partial charge in [0.25, 0.3) is 0 Å². The first kappa shape index (κ1) is 12.2. The molecule has 0 aliphatic heterocycles. The number of nitrogens with one attached hydrogen (secondary N) is 1. The maximum absolute atomic E-state index is 5.60. The Morgan fingerprint density at radius 1 is 1.29 bits per heavy atom. The topological polar surface area (TPSA) is 63.8 Å². The fraction of sp³-hybridized carbons (Fsp3) is 0.333. The molecule has 0 aliphatic carbocycles. The molecule has 2 rings (SSSR count). The molecule has 0 aromatic carbocycles. The number of nitrogens with two attached hydrogens (primary N) is 1. The summed E-state index contributed by atoms with van der Waals surface area (Å²) in [6, 6.07) is 6.38. The van der Waals surface area contributed by atoms with Crippen LogP contribution in [-0.4, -0.2) is 10.2 Å². The molecule has 0 saturated carbocycles. The number of nitrogens with zero attached hydrogens (tertiary/aromatic N) is 2. The molecule has 17 heavy (non-hydrogen) atoms.